The number of benzene rings is 1. The van der Waals surface area contributed by atoms with Gasteiger partial charge in [0.1, 0.15) is 5.75 Å². The van der Waals surface area contributed by atoms with Crippen LogP contribution in [0.1, 0.15) is 20.3 Å². The average molecular weight is 378 g/mol. The third-order valence-corrected chi connectivity index (χ3v) is 3.50. The van der Waals surface area contributed by atoms with Crippen LogP contribution in [-0.2, 0) is 14.3 Å². The summed E-state index contributed by atoms with van der Waals surface area (Å²) in [5.74, 6) is -0.439. The predicted octanol–water partition coefficient (Wildman–Crippen LogP) is 2.53. The summed E-state index contributed by atoms with van der Waals surface area (Å²) in [4.78, 5) is 25.0. The summed E-state index contributed by atoms with van der Waals surface area (Å²) in [5, 5.41) is 10.3. The Morgan fingerprint density at radius 1 is 1.33 bits per heavy atom. The van der Waals surface area contributed by atoms with Gasteiger partial charge in [0.25, 0.3) is 5.91 Å². The number of aliphatic hydroxyl groups excluding tert-OH is 1. The van der Waals surface area contributed by atoms with Crippen LogP contribution >= 0.6 is 23.2 Å². The molecule has 0 radical (unpaired) electrons. The second-order valence-corrected chi connectivity index (χ2v) is 5.95. The van der Waals surface area contributed by atoms with Gasteiger partial charge in [0.2, 0.25) is 0 Å². The molecule has 0 spiro atoms. The maximum atomic E-state index is 12.3. The third-order valence-electron chi connectivity index (χ3n) is 2.97. The van der Waals surface area contributed by atoms with Gasteiger partial charge in [-0.3, -0.25) is 9.59 Å². The molecule has 24 heavy (non-hydrogen) atoms. The molecule has 1 rings (SSSR count). The molecule has 1 N–H and O–H groups in total. The Morgan fingerprint density at radius 2 is 2.04 bits per heavy atom. The molecule has 1 atom stereocenters. The van der Waals surface area contributed by atoms with Crippen molar-refractivity contribution in [2.45, 2.75) is 26.4 Å². The van der Waals surface area contributed by atoms with Crippen LogP contribution in [0.25, 0.3) is 0 Å². The molecule has 0 aliphatic rings. The fourth-order valence-electron chi connectivity index (χ4n) is 1.92. The lowest BCUT2D eigenvalue weighted by atomic mass is 10.3. The lowest BCUT2D eigenvalue weighted by Crippen LogP contribution is -2.40. The molecule has 0 fully saturated rings. The molecule has 0 heterocycles. The van der Waals surface area contributed by atoms with Crippen LogP contribution in [0.5, 0.6) is 5.75 Å². The number of esters is 1. The van der Waals surface area contributed by atoms with Crippen molar-refractivity contribution in [3.8, 4) is 5.75 Å². The van der Waals surface area contributed by atoms with E-state index in [9.17, 15) is 14.7 Å². The van der Waals surface area contributed by atoms with Gasteiger partial charge in [-0.05, 0) is 32.0 Å². The van der Waals surface area contributed by atoms with Crippen molar-refractivity contribution in [3.05, 3.63) is 28.2 Å². The molecule has 1 aromatic carbocycles. The van der Waals surface area contributed by atoms with Crippen LogP contribution in [0.2, 0.25) is 10.0 Å². The number of carbonyl (C=O) groups is 2. The normalized spacial score (nSPS) is 11.7. The molecule has 0 saturated heterocycles. The second-order valence-electron chi connectivity index (χ2n) is 5.11. The summed E-state index contributed by atoms with van der Waals surface area (Å²) in [5.41, 5.74) is 0. The quantitative estimate of drug-likeness (QED) is 0.669. The number of aliphatic hydroxyl groups is 1. The van der Waals surface area contributed by atoms with Gasteiger partial charge in [0.15, 0.2) is 6.61 Å². The number of rotatable bonds is 9. The first-order chi connectivity index (χ1) is 11.3. The Balaban J connectivity index is 2.61. The molecular weight excluding hydrogens is 357 g/mol. The molecule has 8 heteroatoms. The molecular formula is C16H21Cl2NO5. The Morgan fingerprint density at radius 3 is 2.62 bits per heavy atom. The standard InChI is InChI=1S/C16H21Cl2NO5/c1-3-23-16(22)6-7-19(9-11(2)20)15(21)10-24-14-5-4-12(17)8-13(14)18/h4-5,8,11,20H,3,6-7,9-10H2,1-2H3. The van der Waals surface area contributed by atoms with E-state index in [1.165, 1.54) is 11.0 Å². The Labute approximate surface area is 151 Å². The smallest absolute Gasteiger partial charge is 0.307 e. The minimum absolute atomic E-state index is 0.0496. The fourth-order valence-corrected chi connectivity index (χ4v) is 2.38. The molecule has 1 amide bonds. The average Bonchev–Trinajstić information content (AvgIpc) is 2.50. The SMILES string of the molecule is CCOC(=O)CCN(CC(C)O)C(=O)COc1ccc(Cl)cc1Cl. The molecule has 0 aliphatic heterocycles. The monoisotopic (exact) mass is 377 g/mol. The zero-order valence-electron chi connectivity index (χ0n) is 13.6. The van der Waals surface area contributed by atoms with E-state index in [2.05, 4.69) is 0 Å². The first-order valence-corrected chi connectivity index (χ1v) is 8.28. The first-order valence-electron chi connectivity index (χ1n) is 7.52. The van der Waals surface area contributed by atoms with E-state index < -0.39 is 12.1 Å². The second kappa shape index (κ2) is 10.4. The third kappa shape index (κ3) is 7.38. The first kappa shape index (κ1) is 20.5. The molecule has 0 saturated carbocycles. The molecule has 0 aromatic heterocycles. The van der Waals surface area contributed by atoms with Gasteiger partial charge in [-0.1, -0.05) is 23.2 Å². The highest BCUT2D eigenvalue weighted by Gasteiger charge is 2.18. The summed E-state index contributed by atoms with van der Waals surface area (Å²) < 4.78 is 10.2. The topological polar surface area (TPSA) is 76.1 Å². The van der Waals surface area contributed by atoms with Crippen molar-refractivity contribution >= 4 is 35.1 Å². The van der Waals surface area contributed by atoms with Gasteiger partial charge in [0, 0.05) is 18.1 Å². The van der Waals surface area contributed by atoms with Crippen LogP contribution in [0.4, 0.5) is 0 Å². The number of ether oxygens (including phenoxy) is 2. The highest BCUT2D eigenvalue weighted by atomic mass is 35.5. The number of halogens is 2. The lowest BCUT2D eigenvalue weighted by Gasteiger charge is -2.24. The van der Waals surface area contributed by atoms with Gasteiger partial charge >= 0.3 is 5.97 Å². The van der Waals surface area contributed by atoms with Gasteiger partial charge in [-0.2, -0.15) is 0 Å². The van der Waals surface area contributed by atoms with E-state index in [4.69, 9.17) is 32.7 Å². The van der Waals surface area contributed by atoms with Crippen LogP contribution in [0.3, 0.4) is 0 Å². The van der Waals surface area contributed by atoms with Crippen molar-refractivity contribution in [2.24, 2.45) is 0 Å². The van der Waals surface area contributed by atoms with E-state index in [1.54, 1.807) is 26.0 Å². The van der Waals surface area contributed by atoms with Gasteiger partial charge in [0.05, 0.1) is 24.2 Å². The predicted molar refractivity (Wildman–Crippen MR) is 91.5 cm³/mol. The summed E-state index contributed by atoms with van der Waals surface area (Å²) >= 11 is 11.8. The molecule has 0 aliphatic carbocycles. The van der Waals surface area contributed by atoms with E-state index in [0.29, 0.717) is 15.8 Å². The van der Waals surface area contributed by atoms with Crippen molar-refractivity contribution in [1.29, 1.82) is 0 Å². The van der Waals surface area contributed by atoms with Crippen LogP contribution in [0.15, 0.2) is 18.2 Å². The Bertz CT molecular complexity index is 565. The number of carbonyl (C=O) groups excluding carboxylic acids is 2. The maximum Gasteiger partial charge on any atom is 0.307 e. The van der Waals surface area contributed by atoms with Crippen molar-refractivity contribution in [2.75, 3.05) is 26.3 Å². The summed E-state index contributed by atoms with van der Waals surface area (Å²) in [6.45, 7) is 3.51. The molecule has 6 nitrogen and oxygen atoms in total. The van der Waals surface area contributed by atoms with Gasteiger partial charge < -0.3 is 19.5 Å². The van der Waals surface area contributed by atoms with Crippen LogP contribution in [-0.4, -0.2) is 54.3 Å². The Kier molecular flexibility index (Phi) is 8.89. The number of amides is 1. The summed E-state index contributed by atoms with van der Waals surface area (Å²) in [7, 11) is 0. The lowest BCUT2D eigenvalue weighted by molar-refractivity contribution is -0.144. The highest BCUT2D eigenvalue weighted by Crippen LogP contribution is 2.27. The van der Waals surface area contributed by atoms with Crippen LogP contribution < -0.4 is 4.74 Å². The highest BCUT2D eigenvalue weighted by molar-refractivity contribution is 6.35. The zero-order valence-corrected chi connectivity index (χ0v) is 15.1. The maximum absolute atomic E-state index is 12.3. The minimum atomic E-state index is -0.727. The number of hydrogen-bond donors (Lipinski definition) is 1. The van der Waals surface area contributed by atoms with E-state index >= 15 is 0 Å². The van der Waals surface area contributed by atoms with Crippen molar-refractivity contribution in [3.63, 3.8) is 0 Å². The minimum Gasteiger partial charge on any atom is -0.482 e. The van der Waals surface area contributed by atoms with Crippen LogP contribution in [0, 0.1) is 0 Å². The van der Waals surface area contributed by atoms with E-state index in [0.717, 1.165) is 0 Å². The molecule has 1 aromatic rings. The van der Waals surface area contributed by atoms with Crippen molar-refractivity contribution < 1.29 is 24.2 Å². The fraction of sp³-hybridized carbons (Fsp3) is 0.500. The molecule has 1 unspecified atom stereocenters. The number of nitrogens with zero attached hydrogens (tertiary/aromatic N) is 1. The summed E-state index contributed by atoms with van der Waals surface area (Å²) in [6, 6.07) is 4.67. The van der Waals surface area contributed by atoms with E-state index in [-0.39, 0.29) is 38.6 Å². The summed E-state index contributed by atoms with van der Waals surface area (Å²) in [6.07, 6.45) is -0.677. The molecule has 134 valence electrons. The van der Waals surface area contributed by atoms with Gasteiger partial charge in [-0.25, -0.2) is 0 Å². The van der Waals surface area contributed by atoms with Crippen molar-refractivity contribution in [1.82, 2.24) is 4.90 Å². The van der Waals surface area contributed by atoms with Gasteiger partial charge in [-0.15, -0.1) is 0 Å². The number of hydrogen-bond acceptors (Lipinski definition) is 5. The largest absolute Gasteiger partial charge is 0.482 e. The zero-order chi connectivity index (χ0) is 18.1. The van der Waals surface area contributed by atoms with E-state index in [1.807, 2.05) is 0 Å². The Hall–Kier alpha value is -1.50. The molecule has 0 bridgehead atoms.